The smallest absolute Gasteiger partial charge is 0.303 e. The van der Waals surface area contributed by atoms with Crippen molar-refractivity contribution in [2.75, 3.05) is 13.7 Å². The molecule has 0 amide bonds. The van der Waals surface area contributed by atoms with Gasteiger partial charge >= 0.3 is 5.97 Å². The number of esters is 1. The van der Waals surface area contributed by atoms with E-state index in [4.69, 9.17) is 14.2 Å². The highest BCUT2D eigenvalue weighted by atomic mass is 16.5. The van der Waals surface area contributed by atoms with Crippen LogP contribution in [0.5, 0.6) is 11.5 Å². The maximum Gasteiger partial charge on any atom is 0.303 e. The lowest BCUT2D eigenvalue weighted by Crippen LogP contribution is -2.43. The van der Waals surface area contributed by atoms with Crippen molar-refractivity contribution < 1.29 is 19.0 Å². The quantitative estimate of drug-likeness (QED) is 0.616. The maximum absolute atomic E-state index is 11.4. The summed E-state index contributed by atoms with van der Waals surface area (Å²) in [5.74, 6) is 1.45. The van der Waals surface area contributed by atoms with Crippen LogP contribution in [0.4, 0.5) is 0 Å². The van der Waals surface area contributed by atoms with E-state index in [9.17, 15) is 4.79 Å². The van der Waals surface area contributed by atoms with Crippen LogP contribution in [-0.4, -0.2) is 42.8 Å². The first-order chi connectivity index (χ1) is 12.6. The summed E-state index contributed by atoms with van der Waals surface area (Å²) in [4.78, 5) is 14.0. The predicted octanol–water partition coefficient (Wildman–Crippen LogP) is 2.95. The van der Waals surface area contributed by atoms with E-state index in [0.29, 0.717) is 6.42 Å². The van der Waals surface area contributed by atoms with E-state index < -0.39 is 0 Å². The van der Waals surface area contributed by atoms with Crippen LogP contribution in [0.3, 0.4) is 0 Å². The Morgan fingerprint density at radius 3 is 2.92 bits per heavy atom. The number of carbonyl (C=O) groups excluding carboxylic acids is 1. The number of benzene rings is 1. The monoisotopic (exact) mass is 355 g/mol. The van der Waals surface area contributed by atoms with Gasteiger partial charge in [0.1, 0.15) is 12.2 Å². The lowest BCUT2D eigenvalue weighted by atomic mass is 9.69. The van der Waals surface area contributed by atoms with E-state index in [1.807, 2.05) is 6.07 Å². The Kier molecular flexibility index (Phi) is 3.58. The average molecular weight is 355 g/mol. The van der Waals surface area contributed by atoms with Gasteiger partial charge in [-0.2, -0.15) is 0 Å². The Morgan fingerprint density at radius 1 is 1.35 bits per heavy atom. The second-order valence-corrected chi connectivity index (χ2v) is 7.97. The fraction of sp³-hybridized carbons (Fsp3) is 0.571. The first kappa shape index (κ1) is 16.2. The Morgan fingerprint density at radius 2 is 2.19 bits per heavy atom. The Labute approximate surface area is 153 Å². The Hall–Kier alpha value is -2.01. The molecule has 1 fully saturated rings. The van der Waals surface area contributed by atoms with Gasteiger partial charge in [0, 0.05) is 38.0 Å². The topological polar surface area (TPSA) is 48.0 Å². The van der Waals surface area contributed by atoms with E-state index in [2.05, 4.69) is 23.1 Å². The molecule has 5 nitrogen and oxygen atoms in total. The van der Waals surface area contributed by atoms with Crippen molar-refractivity contribution in [3.63, 3.8) is 0 Å². The van der Waals surface area contributed by atoms with E-state index in [0.717, 1.165) is 37.1 Å². The van der Waals surface area contributed by atoms with Crippen LogP contribution in [0.15, 0.2) is 24.3 Å². The zero-order valence-corrected chi connectivity index (χ0v) is 15.4. The first-order valence-corrected chi connectivity index (χ1v) is 9.58. The van der Waals surface area contributed by atoms with Gasteiger partial charge in [0.2, 0.25) is 0 Å². The molecule has 0 unspecified atom stereocenters. The summed E-state index contributed by atoms with van der Waals surface area (Å²) >= 11 is 0. The third-order valence-electron chi connectivity index (χ3n) is 6.35. The average Bonchev–Trinajstić information content (AvgIpc) is 3.41. The normalized spacial score (nSPS) is 32.2. The molecule has 1 aromatic carbocycles. The van der Waals surface area contributed by atoms with Gasteiger partial charge in [-0.15, -0.1) is 0 Å². The molecule has 3 atom stereocenters. The summed E-state index contributed by atoms with van der Waals surface area (Å²) in [5, 5.41) is 0. The molecule has 2 aliphatic heterocycles. The van der Waals surface area contributed by atoms with Crippen LogP contribution in [0.1, 0.15) is 43.7 Å². The maximum atomic E-state index is 11.4. The second kappa shape index (κ2) is 5.74. The van der Waals surface area contributed by atoms with Crippen LogP contribution < -0.4 is 9.47 Å². The van der Waals surface area contributed by atoms with Crippen LogP contribution in [0, 0.1) is 0 Å². The van der Waals surface area contributed by atoms with Gasteiger partial charge in [-0.1, -0.05) is 12.1 Å². The fourth-order valence-electron chi connectivity index (χ4n) is 5.00. The minimum Gasteiger partial charge on any atom is -0.493 e. The summed E-state index contributed by atoms with van der Waals surface area (Å²) in [5.41, 5.74) is 2.50. The van der Waals surface area contributed by atoms with Crippen molar-refractivity contribution in [2.45, 2.75) is 62.8 Å². The molecule has 5 heteroatoms. The number of hydrogen-bond donors (Lipinski definition) is 0. The highest BCUT2D eigenvalue weighted by Gasteiger charge is 2.53. The van der Waals surface area contributed by atoms with Gasteiger partial charge in [-0.3, -0.25) is 9.69 Å². The van der Waals surface area contributed by atoms with E-state index in [-0.39, 0.29) is 23.6 Å². The van der Waals surface area contributed by atoms with Crippen molar-refractivity contribution in [1.82, 2.24) is 4.90 Å². The molecule has 0 aromatic heterocycles. The van der Waals surface area contributed by atoms with Gasteiger partial charge in [0.15, 0.2) is 11.5 Å². The summed E-state index contributed by atoms with van der Waals surface area (Å²) in [6.45, 7) is 3.52. The van der Waals surface area contributed by atoms with E-state index in [1.165, 1.54) is 30.9 Å². The third-order valence-corrected chi connectivity index (χ3v) is 6.35. The number of methoxy groups -OCH3 is 1. The molecule has 2 heterocycles. The number of hydrogen-bond acceptors (Lipinski definition) is 5. The molecule has 1 saturated carbocycles. The second-order valence-electron chi connectivity index (χ2n) is 7.97. The number of carbonyl (C=O) groups is 1. The lowest BCUT2D eigenvalue weighted by Gasteiger charge is -2.36. The van der Waals surface area contributed by atoms with Gasteiger partial charge in [-0.05, 0) is 37.0 Å². The Balaban J connectivity index is 1.59. The standard InChI is InChI=1S/C21H25NO4/c1-13(23)25-16-7-8-21-9-10-22(15-4-5-15)12-14-3-6-17(24-2)20(19(14)21)26-18(21)11-16/h3,6-8,15-16,18H,4-5,9-12H2,1-2H3/t16-,18-,21-/m0/s1. The molecule has 0 N–H and O–H groups in total. The largest absolute Gasteiger partial charge is 0.493 e. The number of rotatable bonds is 3. The third kappa shape index (κ3) is 2.37. The van der Waals surface area contributed by atoms with Crippen LogP contribution >= 0.6 is 0 Å². The fourth-order valence-corrected chi connectivity index (χ4v) is 5.00. The van der Waals surface area contributed by atoms with Gasteiger partial charge in [-0.25, -0.2) is 0 Å². The summed E-state index contributed by atoms with van der Waals surface area (Å²) in [6, 6.07) is 4.98. The molecule has 0 bridgehead atoms. The van der Waals surface area contributed by atoms with E-state index in [1.54, 1.807) is 7.11 Å². The number of ether oxygens (including phenoxy) is 3. The molecule has 138 valence electrons. The SMILES string of the molecule is COc1ccc2c3c1O[C@H]1C[C@@H](OC(C)=O)C=C[C@@]31CCN(C1CC1)C2. The van der Waals surface area contributed by atoms with Crippen molar-refractivity contribution in [3.8, 4) is 11.5 Å². The Bertz CT molecular complexity index is 784. The molecule has 1 spiro atoms. The predicted molar refractivity (Wildman–Crippen MR) is 96.4 cm³/mol. The lowest BCUT2D eigenvalue weighted by molar-refractivity contribution is -0.145. The minimum absolute atomic E-state index is 0.0129. The summed E-state index contributed by atoms with van der Waals surface area (Å²) in [6.07, 6.45) is 8.44. The zero-order chi connectivity index (χ0) is 17.9. The number of nitrogens with zero attached hydrogens (tertiary/aromatic N) is 1. The van der Waals surface area contributed by atoms with Crippen molar-refractivity contribution in [3.05, 3.63) is 35.4 Å². The van der Waals surface area contributed by atoms with Crippen molar-refractivity contribution >= 4 is 5.97 Å². The highest BCUT2D eigenvalue weighted by Crippen LogP contribution is 2.56. The van der Waals surface area contributed by atoms with E-state index >= 15 is 0 Å². The summed E-state index contributed by atoms with van der Waals surface area (Å²) < 4.78 is 17.5. The molecule has 0 saturated heterocycles. The van der Waals surface area contributed by atoms with Gasteiger partial charge in [0.05, 0.1) is 12.5 Å². The first-order valence-electron chi connectivity index (χ1n) is 9.58. The molecule has 0 radical (unpaired) electrons. The molecular formula is C21H25NO4. The molecule has 2 aliphatic carbocycles. The molecule has 1 aromatic rings. The molecular weight excluding hydrogens is 330 g/mol. The molecule has 5 rings (SSSR count). The molecule has 26 heavy (non-hydrogen) atoms. The van der Waals surface area contributed by atoms with Crippen molar-refractivity contribution in [1.29, 1.82) is 0 Å². The van der Waals surface area contributed by atoms with Crippen LogP contribution in [0.2, 0.25) is 0 Å². The van der Waals surface area contributed by atoms with Crippen LogP contribution in [-0.2, 0) is 21.5 Å². The highest BCUT2D eigenvalue weighted by molar-refractivity contribution is 5.66. The summed E-state index contributed by atoms with van der Waals surface area (Å²) in [7, 11) is 1.70. The van der Waals surface area contributed by atoms with Gasteiger partial charge < -0.3 is 14.2 Å². The van der Waals surface area contributed by atoms with Crippen molar-refractivity contribution in [2.24, 2.45) is 0 Å². The zero-order valence-electron chi connectivity index (χ0n) is 15.4. The minimum atomic E-state index is -0.245. The molecule has 4 aliphatic rings. The van der Waals surface area contributed by atoms with Gasteiger partial charge in [0.25, 0.3) is 0 Å². The van der Waals surface area contributed by atoms with Crippen LogP contribution in [0.25, 0.3) is 0 Å².